The van der Waals surface area contributed by atoms with E-state index in [0.717, 1.165) is 12.7 Å². The average molecular weight is 270 g/mol. The predicted octanol–water partition coefficient (Wildman–Crippen LogP) is 1.16. The normalized spacial score (nSPS) is 13.1. The van der Waals surface area contributed by atoms with Gasteiger partial charge in [0.2, 0.25) is 5.91 Å². The molecule has 3 N–H and O–H groups in total. The van der Waals surface area contributed by atoms with Gasteiger partial charge in [-0.3, -0.25) is 4.79 Å². The first-order valence-electron chi connectivity index (χ1n) is 5.71. The van der Waals surface area contributed by atoms with Crippen molar-refractivity contribution in [3.8, 4) is 0 Å². The van der Waals surface area contributed by atoms with Crippen LogP contribution in [-0.4, -0.2) is 26.6 Å². The van der Waals surface area contributed by atoms with E-state index in [2.05, 4.69) is 5.32 Å². The first-order chi connectivity index (χ1) is 8.36. The third-order valence-electron chi connectivity index (χ3n) is 2.48. The number of sulfone groups is 1. The number of amides is 1. The summed E-state index contributed by atoms with van der Waals surface area (Å²) in [7, 11) is -3.37. The SMILES string of the molecule is CCC[C@@H](N)C(=O)Nc1ccccc1S(C)(=O)=O. The lowest BCUT2D eigenvalue weighted by molar-refractivity contribution is -0.117. The van der Waals surface area contributed by atoms with Gasteiger partial charge in [-0.05, 0) is 18.6 Å². The number of nitrogens with two attached hydrogens (primary N) is 1. The molecule has 1 amide bonds. The Labute approximate surface area is 107 Å². The van der Waals surface area contributed by atoms with Crippen molar-refractivity contribution in [2.24, 2.45) is 5.73 Å². The Morgan fingerprint density at radius 2 is 2.00 bits per heavy atom. The maximum atomic E-state index is 11.8. The zero-order valence-electron chi connectivity index (χ0n) is 10.5. The number of rotatable bonds is 5. The quantitative estimate of drug-likeness (QED) is 0.840. The van der Waals surface area contributed by atoms with E-state index in [1.165, 1.54) is 6.07 Å². The molecule has 0 bridgehead atoms. The van der Waals surface area contributed by atoms with E-state index >= 15 is 0 Å². The lowest BCUT2D eigenvalue weighted by atomic mass is 10.1. The second-order valence-corrected chi connectivity index (χ2v) is 6.14. The third kappa shape index (κ3) is 3.82. The molecular weight excluding hydrogens is 252 g/mol. The van der Waals surface area contributed by atoms with Crippen molar-refractivity contribution in [1.82, 2.24) is 0 Å². The molecule has 1 aromatic rings. The van der Waals surface area contributed by atoms with Crippen molar-refractivity contribution < 1.29 is 13.2 Å². The summed E-state index contributed by atoms with van der Waals surface area (Å²) in [6.45, 7) is 1.93. The maximum absolute atomic E-state index is 11.8. The monoisotopic (exact) mass is 270 g/mol. The molecular formula is C12H18N2O3S. The summed E-state index contributed by atoms with van der Waals surface area (Å²) in [5.74, 6) is -0.368. The number of anilines is 1. The van der Waals surface area contributed by atoms with Gasteiger partial charge in [-0.1, -0.05) is 25.5 Å². The van der Waals surface area contributed by atoms with E-state index in [0.29, 0.717) is 6.42 Å². The minimum atomic E-state index is -3.37. The summed E-state index contributed by atoms with van der Waals surface area (Å²) in [6, 6.07) is 5.65. The second-order valence-electron chi connectivity index (χ2n) is 4.15. The van der Waals surface area contributed by atoms with E-state index in [-0.39, 0.29) is 16.5 Å². The molecule has 0 saturated carbocycles. The first-order valence-corrected chi connectivity index (χ1v) is 7.61. The van der Waals surface area contributed by atoms with E-state index in [9.17, 15) is 13.2 Å². The minimum Gasteiger partial charge on any atom is -0.324 e. The van der Waals surface area contributed by atoms with Gasteiger partial charge in [0.25, 0.3) is 0 Å². The van der Waals surface area contributed by atoms with Gasteiger partial charge in [0.15, 0.2) is 9.84 Å². The van der Waals surface area contributed by atoms with Crippen LogP contribution in [0.15, 0.2) is 29.2 Å². The van der Waals surface area contributed by atoms with Crippen LogP contribution in [0.5, 0.6) is 0 Å². The summed E-state index contributed by atoms with van der Waals surface area (Å²) in [6.07, 6.45) is 2.46. The summed E-state index contributed by atoms with van der Waals surface area (Å²) < 4.78 is 23.1. The van der Waals surface area contributed by atoms with Crippen LogP contribution in [0.4, 0.5) is 5.69 Å². The molecule has 0 aliphatic rings. The molecule has 1 rings (SSSR count). The second kappa shape index (κ2) is 5.97. The lowest BCUT2D eigenvalue weighted by Crippen LogP contribution is -2.35. The molecule has 0 aliphatic heterocycles. The molecule has 18 heavy (non-hydrogen) atoms. The predicted molar refractivity (Wildman–Crippen MR) is 71.1 cm³/mol. The number of carbonyl (C=O) groups is 1. The molecule has 100 valence electrons. The highest BCUT2D eigenvalue weighted by Gasteiger charge is 2.17. The van der Waals surface area contributed by atoms with Gasteiger partial charge in [-0.15, -0.1) is 0 Å². The number of para-hydroxylation sites is 1. The van der Waals surface area contributed by atoms with Crippen LogP contribution in [0.3, 0.4) is 0 Å². The van der Waals surface area contributed by atoms with Crippen LogP contribution in [0.25, 0.3) is 0 Å². The highest BCUT2D eigenvalue weighted by molar-refractivity contribution is 7.90. The number of carbonyl (C=O) groups excluding carboxylic acids is 1. The largest absolute Gasteiger partial charge is 0.324 e. The van der Waals surface area contributed by atoms with Crippen molar-refractivity contribution in [2.75, 3.05) is 11.6 Å². The topological polar surface area (TPSA) is 89.3 Å². The molecule has 0 saturated heterocycles. The molecule has 0 aliphatic carbocycles. The molecule has 0 radical (unpaired) electrons. The summed E-state index contributed by atoms with van der Waals surface area (Å²) in [4.78, 5) is 11.8. The van der Waals surface area contributed by atoms with Crippen molar-refractivity contribution in [3.05, 3.63) is 24.3 Å². The van der Waals surface area contributed by atoms with Crippen molar-refractivity contribution in [3.63, 3.8) is 0 Å². The fraction of sp³-hybridized carbons (Fsp3) is 0.417. The third-order valence-corrected chi connectivity index (χ3v) is 3.64. The van der Waals surface area contributed by atoms with E-state index in [1.54, 1.807) is 18.2 Å². The van der Waals surface area contributed by atoms with Crippen molar-refractivity contribution in [1.29, 1.82) is 0 Å². The van der Waals surface area contributed by atoms with Gasteiger partial charge in [0, 0.05) is 6.26 Å². The highest BCUT2D eigenvalue weighted by Crippen LogP contribution is 2.20. The lowest BCUT2D eigenvalue weighted by Gasteiger charge is -2.13. The van der Waals surface area contributed by atoms with Crippen LogP contribution in [-0.2, 0) is 14.6 Å². The molecule has 0 spiro atoms. The van der Waals surface area contributed by atoms with Gasteiger partial charge in [-0.25, -0.2) is 8.42 Å². The molecule has 1 aromatic carbocycles. The van der Waals surface area contributed by atoms with E-state index in [4.69, 9.17) is 5.73 Å². The van der Waals surface area contributed by atoms with E-state index < -0.39 is 15.9 Å². The Morgan fingerprint density at radius 3 is 2.56 bits per heavy atom. The number of hydrogen-bond donors (Lipinski definition) is 2. The fourth-order valence-electron chi connectivity index (χ4n) is 1.56. The van der Waals surface area contributed by atoms with E-state index in [1.807, 2.05) is 6.92 Å². The zero-order valence-corrected chi connectivity index (χ0v) is 11.3. The van der Waals surface area contributed by atoms with Gasteiger partial charge in [0.05, 0.1) is 16.6 Å². The highest BCUT2D eigenvalue weighted by atomic mass is 32.2. The molecule has 6 heteroatoms. The number of nitrogens with one attached hydrogen (secondary N) is 1. The van der Waals surface area contributed by atoms with Gasteiger partial charge in [0.1, 0.15) is 0 Å². The summed E-state index contributed by atoms with van der Waals surface area (Å²) >= 11 is 0. The Morgan fingerprint density at radius 1 is 1.39 bits per heavy atom. The van der Waals surface area contributed by atoms with Crippen LogP contribution >= 0.6 is 0 Å². The standard InChI is InChI=1S/C12H18N2O3S/c1-3-6-9(13)12(15)14-10-7-4-5-8-11(10)18(2,16)17/h4-5,7-9H,3,6,13H2,1-2H3,(H,14,15)/t9-/m1/s1. The number of benzene rings is 1. The number of hydrogen-bond acceptors (Lipinski definition) is 4. The van der Waals surface area contributed by atoms with Crippen LogP contribution in [0.1, 0.15) is 19.8 Å². The first kappa shape index (κ1) is 14.7. The van der Waals surface area contributed by atoms with Crippen LogP contribution < -0.4 is 11.1 Å². The van der Waals surface area contributed by atoms with Gasteiger partial charge >= 0.3 is 0 Å². The minimum absolute atomic E-state index is 0.0991. The molecule has 1 atom stereocenters. The van der Waals surface area contributed by atoms with Crippen LogP contribution in [0, 0.1) is 0 Å². The fourth-order valence-corrected chi connectivity index (χ4v) is 2.41. The molecule has 5 nitrogen and oxygen atoms in total. The summed E-state index contributed by atoms with van der Waals surface area (Å²) in [5.41, 5.74) is 5.95. The van der Waals surface area contributed by atoms with Gasteiger partial charge < -0.3 is 11.1 Å². The smallest absolute Gasteiger partial charge is 0.241 e. The Bertz CT molecular complexity index is 526. The molecule has 0 fully saturated rings. The van der Waals surface area contributed by atoms with Crippen LogP contribution in [0.2, 0.25) is 0 Å². The average Bonchev–Trinajstić information content (AvgIpc) is 2.28. The Hall–Kier alpha value is -1.40. The molecule has 0 heterocycles. The van der Waals surface area contributed by atoms with Gasteiger partial charge in [-0.2, -0.15) is 0 Å². The Balaban J connectivity index is 2.95. The maximum Gasteiger partial charge on any atom is 0.241 e. The van der Waals surface area contributed by atoms with Crippen molar-refractivity contribution in [2.45, 2.75) is 30.7 Å². The zero-order chi connectivity index (χ0) is 13.8. The molecule has 0 aromatic heterocycles. The van der Waals surface area contributed by atoms with Crippen molar-refractivity contribution >= 4 is 21.4 Å². The molecule has 0 unspecified atom stereocenters. The Kier molecular flexibility index (Phi) is 4.86. The summed E-state index contributed by atoms with van der Waals surface area (Å²) in [5, 5.41) is 2.56.